The Balaban J connectivity index is 3.17. The summed E-state index contributed by atoms with van der Waals surface area (Å²) < 4.78 is 0. The second kappa shape index (κ2) is 3.93. The van der Waals surface area contributed by atoms with Crippen molar-refractivity contribution in [1.29, 1.82) is 5.26 Å². The third kappa shape index (κ3) is 2.43. The number of hydrogen-bond donors (Lipinski definition) is 1. The standard InChI is InChI=1S/C11H14N2S/c1-11(2,3)9-6-8(14-7-12)4-5-10(9)13/h4-6H,13H2,1-3H3. The minimum absolute atomic E-state index is 0.0239. The van der Waals surface area contributed by atoms with E-state index in [0.717, 1.165) is 27.9 Å². The summed E-state index contributed by atoms with van der Waals surface area (Å²) in [5.41, 5.74) is 7.79. The molecule has 2 nitrogen and oxygen atoms in total. The van der Waals surface area contributed by atoms with Gasteiger partial charge in [-0.2, -0.15) is 5.26 Å². The molecule has 1 aromatic rings. The molecule has 0 aliphatic rings. The van der Waals surface area contributed by atoms with Crippen LogP contribution in [0.1, 0.15) is 26.3 Å². The van der Waals surface area contributed by atoms with E-state index in [2.05, 4.69) is 26.2 Å². The SMILES string of the molecule is CC(C)(C)c1cc(SC#N)ccc1N. The number of nitrogens with two attached hydrogens (primary N) is 1. The molecule has 0 saturated carbocycles. The Hall–Kier alpha value is -1.14. The number of thioether (sulfide) groups is 1. The van der Waals surface area contributed by atoms with Crippen molar-refractivity contribution >= 4 is 17.4 Å². The summed E-state index contributed by atoms with van der Waals surface area (Å²) in [6.07, 6.45) is 0. The zero-order valence-electron chi connectivity index (χ0n) is 8.66. The largest absolute Gasteiger partial charge is 0.398 e. The zero-order valence-corrected chi connectivity index (χ0v) is 9.48. The number of hydrogen-bond acceptors (Lipinski definition) is 3. The molecule has 0 fully saturated rings. The second-order valence-electron chi connectivity index (χ2n) is 4.19. The maximum Gasteiger partial charge on any atom is 0.138 e. The Labute approximate surface area is 89.1 Å². The number of nitriles is 1. The highest BCUT2D eigenvalue weighted by Crippen LogP contribution is 2.31. The van der Waals surface area contributed by atoms with Gasteiger partial charge < -0.3 is 5.73 Å². The van der Waals surface area contributed by atoms with Gasteiger partial charge in [0.2, 0.25) is 0 Å². The van der Waals surface area contributed by atoms with Crippen LogP contribution in [0.15, 0.2) is 23.1 Å². The van der Waals surface area contributed by atoms with Crippen LogP contribution in [0.25, 0.3) is 0 Å². The molecule has 2 N–H and O–H groups in total. The van der Waals surface area contributed by atoms with E-state index in [1.165, 1.54) is 0 Å². The molecule has 0 heterocycles. The van der Waals surface area contributed by atoms with Crippen LogP contribution in [0.4, 0.5) is 5.69 Å². The van der Waals surface area contributed by atoms with Crippen LogP contribution < -0.4 is 5.73 Å². The quantitative estimate of drug-likeness (QED) is 0.436. The van der Waals surface area contributed by atoms with Gasteiger partial charge >= 0.3 is 0 Å². The fourth-order valence-corrected chi connectivity index (χ4v) is 1.72. The molecule has 0 bridgehead atoms. The Kier molecular flexibility index (Phi) is 3.07. The molecule has 3 heteroatoms. The van der Waals surface area contributed by atoms with E-state index in [1.807, 2.05) is 18.2 Å². The van der Waals surface area contributed by atoms with Crippen molar-refractivity contribution < 1.29 is 0 Å². The third-order valence-corrected chi connectivity index (χ3v) is 2.58. The van der Waals surface area contributed by atoms with E-state index in [9.17, 15) is 0 Å². The van der Waals surface area contributed by atoms with E-state index in [-0.39, 0.29) is 5.41 Å². The van der Waals surface area contributed by atoms with E-state index < -0.39 is 0 Å². The van der Waals surface area contributed by atoms with Gasteiger partial charge in [0.05, 0.1) is 0 Å². The molecule has 0 atom stereocenters. The summed E-state index contributed by atoms with van der Waals surface area (Å²) in [6, 6.07) is 5.72. The van der Waals surface area contributed by atoms with Crippen LogP contribution in [0.2, 0.25) is 0 Å². The molecule has 0 saturated heterocycles. The van der Waals surface area contributed by atoms with Crippen molar-refractivity contribution in [1.82, 2.24) is 0 Å². The molecule has 0 unspecified atom stereocenters. The number of benzene rings is 1. The van der Waals surface area contributed by atoms with Crippen molar-refractivity contribution in [2.75, 3.05) is 5.73 Å². The lowest BCUT2D eigenvalue weighted by molar-refractivity contribution is 0.591. The lowest BCUT2D eigenvalue weighted by Crippen LogP contribution is -2.13. The Morgan fingerprint density at radius 3 is 2.50 bits per heavy atom. The van der Waals surface area contributed by atoms with Gasteiger partial charge in [0.25, 0.3) is 0 Å². The summed E-state index contributed by atoms with van der Waals surface area (Å²) in [4.78, 5) is 0.951. The molecule has 1 aromatic carbocycles. The van der Waals surface area contributed by atoms with Gasteiger partial charge in [0.1, 0.15) is 5.40 Å². The van der Waals surface area contributed by atoms with E-state index in [0.29, 0.717) is 0 Å². The van der Waals surface area contributed by atoms with Crippen molar-refractivity contribution in [2.45, 2.75) is 31.1 Å². The molecule has 0 aromatic heterocycles. The smallest absolute Gasteiger partial charge is 0.138 e. The maximum absolute atomic E-state index is 8.56. The van der Waals surface area contributed by atoms with Gasteiger partial charge in [0, 0.05) is 10.6 Å². The molecule has 0 aliphatic heterocycles. The Bertz CT molecular complexity index is 372. The monoisotopic (exact) mass is 206 g/mol. The minimum Gasteiger partial charge on any atom is -0.398 e. The lowest BCUT2D eigenvalue weighted by Gasteiger charge is -2.21. The normalized spacial score (nSPS) is 11.0. The highest BCUT2D eigenvalue weighted by molar-refractivity contribution is 8.03. The van der Waals surface area contributed by atoms with Gasteiger partial charge in [-0.25, -0.2) is 0 Å². The van der Waals surface area contributed by atoms with Gasteiger partial charge in [-0.05, 0) is 40.9 Å². The topological polar surface area (TPSA) is 49.8 Å². The molecule has 14 heavy (non-hydrogen) atoms. The predicted octanol–water partition coefficient (Wildman–Crippen LogP) is 3.14. The zero-order chi connectivity index (χ0) is 10.8. The van der Waals surface area contributed by atoms with Gasteiger partial charge in [-0.3, -0.25) is 0 Å². The lowest BCUT2D eigenvalue weighted by atomic mass is 9.86. The predicted molar refractivity (Wildman–Crippen MR) is 61.0 cm³/mol. The van der Waals surface area contributed by atoms with Crippen LogP contribution >= 0.6 is 11.8 Å². The summed E-state index contributed by atoms with van der Waals surface area (Å²) in [6.45, 7) is 6.33. The molecule has 0 aliphatic carbocycles. The van der Waals surface area contributed by atoms with Crippen LogP contribution in [-0.4, -0.2) is 0 Å². The Morgan fingerprint density at radius 1 is 1.36 bits per heavy atom. The van der Waals surface area contributed by atoms with Crippen LogP contribution in [-0.2, 0) is 5.41 Å². The first-order valence-corrected chi connectivity index (χ1v) is 5.23. The van der Waals surface area contributed by atoms with Crippen molar-refractivity contribution in [3.05, 3.63) is 23.8 Å². The highest BCUT2D eigenvalue weighted by Gasteiger charge is 2.17. The first-order valence-electron chi connectivity index (χ1n) is 4.41. The van der Waals surface area contributed by atoms with Crippen LogP contribution in [0.5, 0.6) is 0 Å². The van der Waals surface area contributed by atoms with Crippen LogP contribution in [0, 0.1) is 10.7 Å². The van der Waals surface area contributed by atoms with E-state index in [1.54, 1.807) is 0 Å². The average molecular weight is 206 g/mol. The van der Waals surface area contributed by atoms with Gasteiger partial charge in [0.15, 0.2) is 0 Å². The fraction of sp³-hybridized carbons (Fsp3) is 0.364. The number of thiocyanates is 1. The third-order valence-electron chi connectivity index (χ3n) is 2.00. The molecule has 1 rings (SSSR count). The first-order chi connectivity index (χ1) is 6.45. The minimum atomic E-state index is 0.0239. The first kappa shape index (κ1) is 10.9. The van der Waals surface area contributed by atoms with Gasteiger partial charge in [-0.1, -0.05) is 20.8 Å². The summed E-state index contributed by atoms with van der Waals surface area (Å²) in [5, 5.41) is 10.6. The molecule has 0 spiro atoms. The summed E-state index contributed by atoms with van der Waals surface area (Å²) in [5.74, 6) is 0. The summed E-state index contributed by atoms with van der Waals surface area (Å²) >= 11 is 1.16. The van der Waals surface area contributed by atoms with E-state index >= 15 is 0 Å². The number of nitrogen functional groups attached to an aromatic ring is 1. The van der Waals surface area contributed by atoms with Crippen molar-refractivity contribution in [2.24, 2.45) is 0 Å². The molecule has 74 valence electrons. The maximum atomic E-state index is 8.56. The fourth-order valence-electron chi connectivity index (χ4n) is 1.30. The summed E-state index contributed by atoms with van der Waals surface area (Å²) in [7, 11) is 0. The molecule has 0 radical (unpaired) electrons. The second-order valence-corrected chi connectivity index (χ2v) is 5.05. The van der Waals surface area contributed by atoms with Gasteiger partial charge in [-0.15, -0.1) is 0 Å². The molecular formula is C11H14N2S. The Morgan fingerprint density at radius 2 is 2.00 bits per heavy atom. The number of rotatable bonds is 1. The average Bonchev–Trinajstić information content (AvgIpc) is 2.07. The number of anilines is 1. The highest BCUT2D eigenvalue weighted by atomic mass is 32.2. The van der Waals surface area contributed by atoms with Crippen molar-refractivity contribution in [3.8, 4) is 5.40 Å². The van der Waals surface area contributed by atoms with Crippen molar-refractivity contribution in [3.63, 3.8) is 0 Å². The van der Waals surface area contributed by atoms with Crippen LogP contribution in [0.3, 0.4) is 0 Å². The molecular weight excluding hydrogens is 192 g/mol. The number of nitrogens with zero attached hydrogens (tertiary/aromatic N) is 1. The molecule has 0 amide bonds. The van der Waals surface area contributed by atoms with E-state index in [4.69, 9.17) is 11.0 Å².